The van der Waals surface area contributed by atoms with Gasteiger partial charge in [0.2, 0.25) is 17.7 Å². The Morgan fingerprint density at radius 2 is 1.84 bits per heavy atom. The summed E-state index contributed by atoms with van der Waals surface area (Å²) in [6, 6.07) is 4.72. The van der Waals surface area contributed by atoms with E-state index in [-0.39, 0.29) is 18.9 Å². The Kier molecular flexibility index (Phi) is 11.3. The number of aliphatic imine (C=N–C) groups is 1. The van der Waals surface area contributed by atoms with E-state index in [1.807, 2.05) is 30.3 Å². The van der Waals surface area contributed by atoms with Crippen molar-refractivity contribution in [1.82, 2.24) is 15.5 Å². The van der Waals surface area contributed by atoms with Crippen molar-refractivity contribution in [3.8, 4) is 0 Å². The van der Waals surface area contributed by atoms with Gasteiger partial charge in [0.25, 0.3) is 0 Å². The van der Waals surface area contributed by atoms with Gasteiger partial charge in [0.05, 0.1) is 12.1 Å². The van der Waals surface area contributed by atoms with Crippen molar-refractivity contribution in [2.75, 3.05) is 13.1 Å². The highest BCUT2D eigenvalue weighted by Gasteiger charge is 2.39. The first-order valence-corrected chi connectivity index (χ1v) is 12.2. The van der Waals surface area contributed by atoms with Gasteiger partial charge in [0, 0.05) is 19.5 Å². The Bertz CT molecular complexity index is 968. The molecule has 1 fully saturated rings. The third-order valence-corrected chi connectivity index (χ3v) is 6.09. The molecule has 5 atom stereocenters. The average Bonchev–Trinajstić information content (AvgIpc) is 3.34. The van der Waals surface area contributed by atoms with Crippen molar-refractivity contribution in [2.45, 2.75) is 69.3 Å². The number of aliphatic carboxylic acids is 1. The maximum Gasteiger partial charge on any atom is 0.328 e. The summed E-state index contributed by atoms with van der Waals surface area (Å²) < 4.78 is 0. The van der Waals surface area contributed by atoms with Gasteiger partial charge in [0.15, 0.2) is 12.0 Å². The Morgan fingerprint density at radius 1 is 1.16 bits per heavy atom. The Morgan fingerprint density at radius 3 is 2.43 bits per heavy atom. The summed E-state index contributed by atoms with van der Waals surface area (Å²) in [6.45, 7) is 1.82. The lowest BCUT2D eigenvalue weighted by Crippen LogP contribution is -2.58. The summed E-state index contributed by atoms with van der Waals surface area (Å²) in [5, 5.41) is 24.0. The van der Waals surface area contributed by atoms with Gasteiger partial charge >= 0.3 is 5.97 Å². The number of rotatable bonds is 13. The van der Waals surface area contributed by atoms with E-state index in [0.29, 0.717) is 32.2 Å². The molecule has 204 valence electrons. The molecule has 0 bridgehead atoms. The second kappa shape index (κ2) is 14.1. The van der Waals surface area contributed by atoms with Crippen LogP contribution in [0.1, 0.15) is 38.2 Å². The highest BCUT2D eigenvalue weighted by molar-refractivity contribution is 5.94. The Labute approximate surface area is 215 Å². The molecule has 1 aromatic carbocycles. The Hall–Kier alpha value is -3.71. The lowest BCUT2D eigenvalue weighted by atomic mass is 10.0. The number of carboxylic acids is 1. The number of nitrogens with zero attached hydrogens (tertiary/aromatic N) is 2. The second-order valence-corrected chi connectivity index (χ2v) is 9.06. The highest BCUT2D eigenvalue weighted by Crippen LogP contribution is 2.20. The summed E-state index contributed by atoms with van der Waals surface area (Å²) in [5.74, 6) is -3.13. The topological polar surface area (TPSA) is 226 Å². The molecule has 13 heteroatoms. The van der Waals surface area contributed by atoms with Crippen LogP contribution in [0, 0.1) is 0 Å². The molecule has 13 nitrogen and oxygen atoms in total. The fraction of sp³-hybridized carbons (Fsp3) is 0.542. The highest BCUT2D eigenvalue weighted by atomic mass is 16.4. The molecule has 0 aliphatic carbocycles. The molecule has 1 aliphatic rings. The van der Waals surface area contributed by atoms with E-state index >= 15 is 0 Å². The molecule has 0 radical (unpaired) electrons. The average molecular weight is 520 g/mol. The van der Waals surface area contributed by atoms with Crippen LogP contribution in [-0.4, -0.2) is 88.1 Å². The number of aliphatic hydroxyl groups excluding tert-OH is 1. The molecule has 1 aromatic rings. The van der Waals surface area contributed by atoms with E-state index in [0.717, 1.165) is 5.56 Å². The lowest BCUT2D eigenvalue weighted by molar-refractivity contribution is -0.147. The number of amides is 3. The summed E-state index contributed by atoms with van der Waals surface area (Å²) in [6.07, 6.45) is 0.436. The van der Waals surface area contributed by atoms with Crippen LogP contribution in [0.3, 0.4) is 0 Å². The SMILES string of the molecule is CC(O)C(NC(=O)C1CCCN1C(=O)C(Cc1ccccc1)NC(=O)C(N)CCCN=C(N)N)C(=O)O. The second-order valence-electron chi connectivity index (χ2n) is 9.06. The normalized spacial score (nSPS) is 18.2. The number of guanidine groups is 1. The van der Waals surface area contributed by atoms with Crippen LogP contribution >= 0.6 is 0 Å². The molecular formula is C24H37N7O6. The minimum absolute atomic E-state index is 0.0566. The number of hydrogen-bond acceptors (Lipinski definition) is 7. The fourth-order valence-corrected chi connectivity index (χ4v) is 4.12. The van der Waals surface area contributed by atoms with Gasteiger partial charge in [-0.2, -0.15) is 0 Å². The number of nitrogens with one attached hydrogen (secondary N) is 2. The molecule has 2 rings (SSSR count). The molecule has 0 spiro atoms. The zero-order valence-corrected chi connectivity index (χ0v) is 20.9. The lowest BCUT2D eigenvalue weighted by Gasteiger charge is -2.30. The minimum Gasteiger partial charge on any atom is -0.480 e. The molecule has 3 amide bonds. The zero-order valence-electron chi connectivity index (χ0n) is 20.9. The summed E-state index contributed by atoms with van der Waals surface area (Å²) in [7, 11) is 0. The number of carbonyl (C=O) groups is 4. The van der Waals surface area contributed by atoms with Gasteiger partial charge in [-0.05, 0) is 38.2 Å². The van der Waals surface area contributed by atoms with Crippen molar-refractivity contribution in [2.24, 2.45) is 22.2 Å². The number of aliphatic hydroxyl groups is 1. The first kappa shape index (κ1) is 29.5. The third-order valence-electron chi connectivity index (χ3n) is 6.09. The molecule has 10 N–H and O–H groups in total. The summed E-state index contributed by atoms with van der Waals surface area (Å²) in [4.78, 5) is 55.9. The summed E-state index contributed by atoms with van der Waals surface area (Å²) >= 11 is 0. The zero-order chi connectivity index (χ0) is 27.5. The predicted octanol–water partition coefficient (Wildman–Crippen LogP) is -1.96. The van der Waals surface area contributed by atoms with Gasteiger partial charge in [0.1, 0.15) is 12.1 Å². The van der Waals surface area contributed by atoms with Gasteiger partial charge in [-0.3, -0.25) is 19.4 Å². The van der Waals surface area contributed by atoms with Crippen LogP contribution in [0.2, 0.25) is 0 Å². The fourth-order valence-electron chi connectivity index (χ4n) is 4.12. The summed E-state index contributed by atoms with van der Waals surface area (Å²) in [5.41, 5.74) is 17.4. The number of carbonyl (C=O) groups excluding carboxylic acids is 3. The maximum absolute atomic E-state index is 13.6. The van der Waals surface area contributed by atoms with Crippen molar-refractivity contribution in [3.05, 3.63) is 35.9 Å². The van der Waals surface area contributed by atoms with E-state index < -0.39 is 54.0 Å². The van der Waals surface area contributed by atoms with Gasteiger partial charge in [-0.15, -0.1) is 0 Å². The standard InChI is InChI=1S/C24H37N7O6/c1-14(32)19(23(36)37)30-21(34)18-10-6-12-31(18)22(35)17(13-15-7-3-2-4-8-15)29-20(33)16(25)9-5-11-28-24(26)27/h2-4,7-8,14,16-19,32H,5-6,9-13,25H2,1H3,(H,29,33)(H,30,34)(H,36,37)(H4,26,27,28). The molecule has 0 aromatic heterocycles. The van der Waals surface area contributed by atoms with E-state index in [1.165, 1.54) is 11.8 Å². The van der Waals surface area contributed by atoms with Gasteiger partial charge in [-0.1, -0.05) is 30.3 Å². The van der Waals surface area contributed by atoms with Crippen LogP contribution in [0.25, 0.3) is 0 Å². The quantitative estimate of drug-likeness (QED) is 0.0870. The molecule has 1 heterocycles. The Balaban J connectivity index is 2.16. The van der Waals surface area contributed by atoms with E-state index in [1.54, 1.807) is 0 Å². The monoisotopic (exact) mass is 519 g/mol. The van der Waals surface area contributed by atoms with Crippen LogP contribution in [-0.2, 0) is 25.6 Å². The third kappa shape index (κ3) is 9.03. The largest absolute Gasteiger partial charge is 0.480 e. The van der Waals surface area contributed by atoms with Crippen molar-refractivity contribution in [3.63, 3.8) is 0 Å². The number of benzene rings is 1. The molecule has 37 heavy (non-hydrogen) atoms. The van der Waals surface area contributed by atoms with Crippen LogP contribution in [0.5, 0.6) is 0 Å². The number of nitrogens with two attached hydrogens (primary N) is 3. The van der Waals surface area contributed by atoms with Crippen molar-refractivity contribution < 1.29 is 29.4 Å². The van der Waals surface area contributed by atoms with Gasteiger partial charge < -0.3 is 42.9 Å². The van der Waals surface area contributed by atoms with Crippen LogP contribution in [0.4, 0.5) is 0 Å². The molecule has 0 saturated carbocycles. The van der Waals surface area contributed by atoms with Crippen molar-refractivity contribution in [1.29, 1.82) is 0 Å². The first-order chi connectivity index (χ1) is 17.5. The minimum atomic E-state index is -1.51. The van der Waals surface area contributed by atoms with Crippen LogP contribution < -0.4 is 27.8 Å². The van der Waals surface area contributed by atoms with Crippen molar-refractivity contribution >= 4 is 29.7 Å². The first-order valence-electron chi connectivity index (χ1n) is 12.2. The van der Waals surface area contributed by atoms with E-state index in [4.69, 9.17) is 17.2 Å². The number of likely N-dealkylation sites (tertiary alicyclic amines) is 1. The molecule has 1 saturated heterocycles. The molecule has 5 unspecified atom stereocenters. The number of carboxylic acid groups (broad SMARTS) is 1. The molecule has 1 aliphatic heterocycles. The number of hydrogen-bond donors (Lipinski definition) is 7. The predicted molar refractivity (Wildman–Crippen MR) is 136 cm³/mol. The smallest absolute Gasteiger partial charge is 0.328 e. The van der Waals surface area contributed by atoms with E-state index in [2.05, 4.69) is 15.6 Å². The maximum atomic E-state index is 13.6. The van der Waals surface area contributed by atoms with Crippen LogP contribution in [0.15, 0.2) is 35.3 Å². The molecular weight excluding hydrogens is 482 g/mol. The van der Waals surface area contributed by atoms with E-state index in [9.17, 15) is 29.4 Å². The van der Waals surface area contributed by atoms with Gasteiger partial charge in [-0.25, -0.2) is 4.79 Å².